The normalized spacial score (nSPS) is 21.2. The third-order valence-corrected chi connectivity index (χ3v) is 5.24. The highest BCUT2D eigenvalue weighted by atomic mass is 79.9. The first-order chi connectivity index (χ1) is 8.91. The van der Waals surface area contributed by atoms with E-state index in [0.29, 0.717) is 11.8 Å². The summed E-state index contributed by atoms with van der Waals surface area (Å²) in [6, 6.07) is 4.57. The van der Waals surface area contributed by atoms with Crippen LogP contribution in [-0.4, -0.2) is 31.0 Å². The number of hydrogen-bond donors (Lipinski definition) is 0. The first-order valence-corrected chi connectivity index (χ1v) is 8.56. The number of benzene rings is 1. The molecule has 1 fully saturated rings. The Hall–Kier alpha value is -1.15. The van der Waals surface area contributed by atoms with E-state index in [9.17, 15) is 18.5 Å². The molecule has 0 N–H and O–H groups in total. The Morgan fingerprint density at radius 2 is 2.21 bits per heavy atom. The van der Waals surface area contributed by atoms with Crippen molar-refractivity contribution in [2.45, 2.75) is 17.9 Å². The van der Waals surface area contributed by atoms with Crippen molar-refractivity contribution >= 4 is 31.5 Å². The van der Waals surface area contributed by atoms with Crippen LogP contribution in [0.1, 0.15) is 12.0 Å². The molecule has 0 saturated carbocycles. The maximum atomic E-state index is 11.4. The van der Waals surface area contributed by atoms with E-state index < -0.39 is 20.9 Å². The summed E-state index contributed by atoms with van der Waals surface area (Å²) >= 11 is 3.26. The first kappa shape index (κ1) is 14.3. The molecule has 0 amide bonds. The molecule has 1 heterocycles. The fourth-order valence-corrected chi connectivity index (χ4v) is 3.86. The van der Waals surface area contributed by atoms with Crippen molar-refractivity contribution in [3.8, 4) is 5.75 Å². The zero-order valence-electron chi connectivity index (χ0n) is 9.91. The summed E-state index contributed by atoms with van der Waals surface area (Å²) in [6.45, 7) is 0. The van der Waals surface area contributed by atoms with Crippen LogP contribution in [-0.2, 0) is 15.2 Å². The maximum Gasteiger partial charge on any atom is 0.310 e. The number of halogens is 1. The minimum Gasteiger partial charge on any atom is -0.482 e. The minimum absolute atomic E-state index is 0.0730. The van der Waals surface area contributed by atoms with Crippen LogP contribution in [0, 0.1) is 10.1 Å². The number of nitro groups is 1. The lowest BCUT2D eigenvalue weighted by Crippen LogP contribution is -2.18. The molecule has 1 aromatic rings. The third kappa shape index (κ3) is 3.44. The monoisotopic (exact) mass is 349 g/mol. The van der Waals surface area contributed by atoms with Gasteiger partial charge in [0.15, 0.2) is 15.6 Å². The van der Waals surface area contributed by atoms with Gasteiger partial charge in [-0.15, -0.1) is 0 Å². The Morgan fingerprint density at radius 3 is 2.74 bits per heavy atom. The van der Waals surface area contributed by atoms with Crippen LogP contribution in [0.15, 0.2) is 18.2 Å². The van der Waals surface area contributed by atoms with E-state index in [2.05, 4.69) is 15.9 Å². The molecular weight excluding hydrogens is 338 g/mol. The van der Waals surface area contributed by atoms with E-state index in [-0.39, 0.29) is 22.9 Å². The molecule has 2 rings (SSSR count). The fraction of sp³-hybridized carbons (Fsp3) is 0.455. The van der Waals surface area contributed by atoms with Crippen molar-refractivity contribution in [1.29, 1.82) is 0 Å². The van der Waals surface area contributed by atoms with Crippen molar-refractivity contribution in [2.24, 2.45) is 0 Å². The molecule has 1 saturated heterocycles. The van der Waals surface area contributed by atoms with E-state index in [1.165, 1.54) is 6.07 Å². The summed E-state index contributed by atoms with van der Waals surface area (Å²) in [5.41, 5.74) is 0.690. The van der Waals surface area contributed by atoms with E-state index in [1.807, 2.05) is 0 Å². The van der Waals surface area contributed by atoms with E-state index in [4.69, 9.17) is 4.74 Å². The van der Waals surface area contributed by atoms with Gasteiger partial charge < -0.3 is 4.74 Å². The molecule has 0 aromatic heterocycles. The summed E-state index contributed by atoms with van der Waals surface area (Å²) in [4.78, 5) is 10.4. The number of alkyl halides is 1. The summed E-state index contributed by atoms with van der Waals surface area (Å²) in [5, 5.41) is 11.5. The highest BCUT2D eigenvalue weighted by Gasteiger charge is 2.31. The number of sulfone groups is 1. The molecule has 0 bridgehead atoms. The molecule has 1 atom stereocenters. The van der Waals surface area contributed by atoms with E-state index in [0.717, 1.165) is 5.56 Å². The second-order valence-corrected chi connectivity index (χ2v) is 7.13. The van der Waals surface area contributed by atoms with Crippen molar-refractivity contribution in [2.75, 3.05) is 11.5 Å². The van der Waals surface area contributed by atoms with Crippen molar-refractivity contribution < 1.29 is 18.1 Å². The Kier molecular flexibility index (Phi) is 4.10. The Balaban J connectivity index is 2.25. The average molecular weight is 350 g/mol. The SMILES string of the molecule is O=[N+]([O-])c1ccc(CBr)cc1OC1CCS(=O)(=O)C1. The zero-order valence-corrected chi connectivity index (χ0v) is 12.3. The maximum absolute atomic E-state index is 11.4. The van der Waals surface area contributed by atoms with Gasteiger partial charge in [0, 0.05) is 11.4 Å². The largest absolute Gasteiger partial charge is 0.482 e. The van der Waals surface area contributed by atoms with Crippen molar-refractivity contribution in [3.63, 3.8) is 0 Å². The molecule has 19 heavy (non-hydrogen) atoms. The summed E-state index contributed by atoms with van der Waals surface area (Å²) in [6.07, 6.45) is -0.132. The number of rotatable bonds is 4. The van der Waals surface area contributed by atoms with Crippen LogP contribution in [0.2, 0.25) is 0 Å². The van der Waals surface area contributed by atoms with Gasteiger partial charge >= 0.3 is 5.69 Å². The molecule has 1 aromatic carbocycles. The quantitative estimate of drug-likeness (QED) is 0.471. The van der Waals surface area contributed by atoms with Gasteiger partial charge in [-0.05, 0) is 18.1 Å². The lowest BCUT2D eigenvalue weighted by atomic mass is 10.2. The van der Waals surface area contributed by atoms with Gasteiger partial charge in [-0.3, -0.25) is 10.1 Å². The van der Waals surface area contributed by atoms with Crippen LogP contribution in [0.3, 0.4) is 0 Å². The van der Waals surface area contributed by atoms with Crippen LogP contribution < -0.4 is 4.74 Å². The predicted octanol–water partition coefficient (Wildman–Crippen LogP) is 2.06. The highest BCUT2D eigenvalue weighted by Crippen LogP contribution is 2.31. The van der Waals surface area contributed by atoms with Gasteiger partial charge in [0.05, 0.1) is 16.4 Å². The van der Waals surface area contributed by atoms with Gasteiger partial charge in [0.25, 0.3) is 0 Å². The molecule has 0 radical (unpaired) electrons. The first-order valence-electron chi connectivity index (χ1n) is 5.61. The number of hydrogen-bond acceptors (Lipinski definition) is 5. The second-order valence-electron chi connectivity index (χ2n) is 4.34. The molecule has 8 heteroatoms. The molecule has 0 aliphatic carbocycles. The molecule has 1 aliphatic heterocycles. The van der Waals surface area contributed by atoms with Crippen LogP contribution in [0.25, 0.3) is 0 Å². The van der Waals surface area contributed by atoms with Crippen molar-refractivity contribution in [1.82, 2.24) is 0 Å². The Labute approximate surface area is 119 Å². The molecule has 6 nitrogen and oxygen atoms in total. The Morgan fingerprint density at radius 1 is 1.47 bits per heavy atom. The molecule has 1 aliphatic rings. The summed E-state index contributed by atoms with van der Waals surface area (Å²) in [7, 11) is -3.07. The van der Waals surface area contributed by atoms with Gasteiger partial charge in [-0.2, -0.15) is 0 Å². The number of nitrogens with zero attached hydrogens (tertiary/aromatic N) is 1. The van der Waals surface area contributed by atoms with Crippen LogP contribution in [0.5, 0.6) is 5.75 Å². The molecule has 1 unspecified atom stereocenters. The zero-order chi connectivity index (χ0) is 14.0. The smallest absolute Gasteiger partial charge is 0.310 e. The molecular formula is C11H12BrNO5S. The predicted molar refractivity (Wildman–Crippen MR) is 73.4 cm³/mol. The van der Waals surface area contributed by atoms with E-state index >= 15 is 0 Å². The van der Waals surface area contributed by atoms with Crippen molar-refractivity contribution in [3.05, 3.63) is 33.9 Å². The van der Waals surface area contributed by atoms with Gasteiger partial charge in [0.2, 0.25) is 0 Å². The second kappa shape index (κ2) is 5.46. The number of ether oxygens (including phenoxy) is 1. The summed E-state index contributed by atoms with van der Waals surface area (Å²) < 4.78 is 28.2. The average Bonchev–Trinajstić information content (AvgIpc) is 2.68. The highest BCUT2D eigenvalue weighted by molar-refractivity contribution is 9.08. The lowest BCUT2D eigenvalue weighted by Gasteiger charge is -2.12. The molecule has 0 spiro atoms. The van der Waals surface area contributed by atoms with E-state index in [1.54, 1.807) is 12.1 Å². The molecule has 104 valence electrons. The number of nitro benzene ring substituents is 1. The standard InChI is InChI=1S/C11H12BrNO5S/c12-6-8-1-2-10(13(14)15)11(5-8)18-9-3-4-19(16,17)7-9/h1-2,5,9H,3-4,6-7H2. The topological polar surface area (TPSA) is 86.5 Å². The Bertz CT molecular complexity index is 601. The lowest BCUT2D eigenvalue weighted by molar-refractivity contribution is -0.386. The van der Waals surface area contributed by atoms with Gasteiger partial charge in [-0.1, -0.05) is 22.0 Å². The summed E-state index contributed by atoms with van der Waals surface area (Å²) in [5.74, 6) is 0.121. The van der Waals surface area contributed by atoms with Gasteiger partial charge in [0.1, 0.15) is 6.10 Å². The fourth-order valence-electron chi connectivity index (χ4n) is 1.92. The third-order valence-electron chi connectivity index (χ3n) is 2.86. The minimum atomic E-state index is -3.07. The van der Waals surface area contributed by atoms with Crippen LogP contribution >= 0.6 is 15.9 Å². The van der Waals surface area contributed by atoms with Crippen LogP contribution in [0.4, 0.5) is 5.69 Å². The van der Waals surface area contributed by atoms with Gasteiger partial charge in [-0.25, -0.2) is 8.42 Å².